The van der Waals surface area contributed by atoms with Crippen molar-refractivity contribution < 1.29 is 28.2 Å². The minimum atomic E-state index is -1.19. The van der Waals surface area contributed by atoms with Crippen LogP contribution < -0.4 is 9.64 Å². The van der Waals surface area contributed by atoms with Crippen molar-refractivity contribution in [2.75, 3.05) is 12.0 Å². The number of aliphatic hydroxyl groups is 1. The van der Waals surface area contributed by atoms with E-state index in [9.17, 15) is 23.5 Å². The van der Waals surface area contributed by atoms with Gasteiger partial charge in [-0.05, 0) is 35.7 Å². The summed E-state index contributed by atoms with van der Waals surface area (Å²) in [6.45, 7) is 0. The quantitative estimate of drug-likeness (QED) is 0.275. The maximum atomic E-state index is 14.6. The first-order valence-corrected chi connectivity index (χ1v) is 10.7. The molecule has 164 valence electrons. The number of methoxy groups -OCH3 is 1. The number of anilines is 1. The van der Waals surface area contributed by atoms with Gasteiger partial charge in [0.15, 0.2) is 5.75 Å². The Morgan fingerprint density at radius 1 is 1.12 bits per heavy atom. The van der Waals surface area contributed by atoms with Crippen LogP contribution in [-0.2, 0) is 9.59 Å². The fourth-order valence-electron chi connectivity index (χ4n) is 3.51. The van der Waals surface area contributed by atoms with Gasteiger partial charge >= 0.3 is 0 Å². The number of amides is 1. The molecule has 1 saturated heterocycles. The zero-order valence-corrected chi connectivity index (χ0v) is 18.6. The third-order valence-corrected chi connectivity index (χ3v) is 6.39. The van der Waals surface area contributed by atoms with Gasteiger partial charge in [0.25, 0.3) is 11.7 Å². The summed E-state index contributed by atoms with van der Waals surface area (Å²) in [4.78, 5) is 27.2. The molecule has 10 heteroatoms. The van der Waals surface area contributed by atoms with Crippen molar-refractivity contribution in [3.8, 4) is 5.75 Å². The van der Waals surface area contributed by atoms with Gasteiger partial charge in [0.2, 0.25) is 0 Å². The number of carbonyl (C=O) groups is 2. The SMILES string of the molecule is COc1c(Cl)cc(/C(O)=C2/C(=O)C(=O)N(c3cc(F)ccc3F)C2c2cccs2)cc1Cl. The molecule has 1 aromatic heterocycles. The van der Waals surface area contributed by atoms with E-state index in [4.69, 9.17) is 27.9 Å². The summed E-state index contributed by atoms with van der Waals surface area (Å²) >= 11 is 13.5. The van der Waals surface area contributed by atoms with Crippen molar-refractivity contribution in [3.63, 3.8) is 0 Å². The van der Waals surface area contributed by atoms with Crippen molar-refractivity contribution in [2.45, 2.75) is 6.04 Å². The van der Waals surface area contributed by atoms with Crippen molar-refractivity contribution in [2.24, 2.45) is 0 Å². The lowest BCUT2D eigenvalue weighted by atomic mass is 9.99. The molecule has 1 aliphatic rings. The van der Waals surface area contributed by atoms with Crippen LogP contribution in [0.15, 0.2) is 53.4 Å². The van der Waals surface area contributed by atoms with Gasteiger partial charge in [0.05, 0.1) is 28.4 Å². The summed E-state index contributed by atoms with van der Waals surface area (Å²) in [5.41, 5.74) is -0.672. The van der Waals surface area contributed by atoms with E-state index in [1.54, 1.807) is 17.5 Å². The van der Waals surface area contributed by atoms with Crippen molar-refractivity contribution in [3.05, 3.63) is 85.5 Å². The van der Waals surface area contributed by atoms with Crippen molar-refractivity contribution >= 4 is 57.7 Å². The molecular formula is C22H13Cl2F2NO4S. The van der Waals surface area contributed by atoms with E-state index in [2.05, 4.69) is 0 Å². The van der Waals surface area contributed by atoms with Crippen molar-refractivity contribution in [1.82, 2.24) is 0 Å². The summed E-state index contributed by atoms with van der Waals surface area (Å²) < 4.78 is 33.6. The Morgan fingerprint density at radius 2 is 1.81 bits per heavy atom. The lowest BCUT2D eigenvalue weighted by molar-refractivity contribution is -0.132. The Labute approximate surface area is 195 Å². The molecule has 0 spiro atoms. The van der Waals surface area contributed by atoms with Crippen LogP contribution in [-0.4, -0.2) is 23.9 Å². The zero-order valence-electron chi connectivity index (χ0n) is 16.2. The molecular weight excluding hydrogens is 483 g/mol. The molecule has 0 aliphatic carbocycles. The van der Waals surface area contributed by atoms with E-state index in [1.807, 2.05) is 0 Å². The van der Waals surface area contributed by atoms with Gasteiger partial charge in [-0.1, -0.05) is 29.3 Å². The summed E-state index contributed by atoms with van der Waals surface area (Å²) in [5, 5.41) is 12.9. The molecule has 1 aliphatic heterocycles. The molecule has 5 nitrogen and oxygen atoms in total. The highest BCUT2D eigenvalue weighted by atomic mass is 35.5. The number of Topliss-reactive ketones (excluding diaryl/α,β-unsaturated/α-hetero) is 1. The molecule has 4 rings (SSSR count). The molecule has 1 unspecified atom stereocenters. The smallest absolute Gasteiger partial charge is 0.300 e. The largest absolute Gasteiger partial charge is 0.507 e. The molecule has 1 fully saturated rings. The third-order valence-electron chi connectivity index (χ3n) is 4.90. The number of benzene rings is 2. The second-order valence-corrected chi connectivity index (χ2v) is 8.55. The van der Waals surface area contributed by atoms with Crippen LogP contribution in [0.25, 0.3) is 5.76 Å². The maximum Gasteiger partial charge on any atom is 0.300 e. The summed E-state index contributed by atoms with van der Waals surface area (Å²) in [7, 11) is 1.36. The highest BCUT2D eigenvalue weighted by Crippen LogP contribution is 2.45. The molecule has 0 radical (unpaired) electrons. The first-order chi connectivity index (χ1) is 15.2. The standard InChI is InChI=1S/C22H13Cl2F2NO4S/c1-31-21-12(23)7-10(8-13(21)24)19(28)17-18(16-3-2-6-32-16)27(22(30)20(17)29)15-9-11(25)4-5-14(15)26/h2-9,18,28H,1H3/b19-17-. The van der Waals surface area contributed by atoms with Gasteiger partial charge in [-0.2, -0.15) is 0 Å². The summed E-state index contributed by atoms with van der Waals surface area (Å²) in [6.07, 6.45) is 0. The van der Waals surface area contributed by atoms with Crippen LogP contribution in [0.4, 0.5) is 14.5 Å². The highest BCUT2D eigenvalue weighted by molar-refractivity contribution is 7.10. The minimum absolute atomic E-state index is 0.0556. The maximum absolute atomic E-state index is 14.6. The molecule has 32 heavy (non-hydrogen) atoms. The van der Waals surface area contributed by atoms with Crippen LogP contribution in [0.1, 0.15) is 16.5 Å². The lowest BCUT2D eigenvalue weighted by Crippen LogP contribution is -2.30. The number of carbonyl (C=O) groups excluding carboxylic acids is 2. The summed E-state index contributed by atoms with van der Waals surface area (Å²) in [6, 6.07) is 7.32. The van der Waals surface area contributed by atoms with E-state index < -0.39 is 40.8 Å². The fourth-order valence-corrected chi connectivity index (χ4v) is 4.98. The Hall–Kier alpha value is -2.94. The Morgan fingerprint density at radius 3 is 2.41 bits per heavy atom. The molecule has 0 saturated carbocycles. The number of thiophene rings is 1. The fraction of sp³-hybridized carbons (Fsp3) is 0.0909. The topological polar surface area (TPSA) is 66.8 Å². The normalized spacial score (nSPS) is 17.8. The molecule has 2 aromatic carbocycles. The first-order valence-electron chi connectivity index (χ1n) is 9.07. The number of rotatable bonds is 4. The molecule has 0 bridgehead atoms. The van der Waals surface area contributed by atoms with Gasteiger partial charge in [-0.25, -0.2) is 8.78 Å². The van der Waals surface area contributed by atoms with Gasteiger partial charge in [0, 0.05) is 16.5 Å². The van der Waals surface area contributed by atoms with E-state index in [0.717, 1.165) is 23.1 Å². The molecule has 3 aromatic rings. The van der Waals surface area contributed by atoms with E-state index in [1.165, 1.54) is 30.6 Å². The molecule has 1 N–H and O–H groups in total. The van der Waals surface area contributed by atoms with Gasteiger partial charge in [-0.3, -0.25) is 14.5 Å². The van der Waals surface area contributed by atoms with Crippen LogP contribution in [0.2, 0.25) is 10.0 Å². The lowest BCUT2D eigenvalue weighted by Gasteiger charge is -2.24. The van der Waals surface area contributed by atoms with Crippen LogP contribution in [0, 0.1) is 11.6 Å². The number of ketones is 1. The number of ether oxygens (including phenoxy) is 1. The zero-order chi connectivity index (χ0) is 23.2. The van der Waals surface area contributed by atoms with E-state index in [-0.39, 0.29) is 26.9 Å². The van der Waals surface area contributed by atoms with Gasteiger partial charge < -0.3 is 9.84 Å². The van der Waals surface area contributed by atoms with Gasteiger partial charge in [0.1, 0.15) is 23.4 Å². The van der Waals surface area contributed by atoms with Crippen LogP contribution in [0.5, 0.6) is 5.75 Å². The van der Waals surface area contributed by atoms with Crippen molar-refractivity contribution in [1.29, 1.82) is 0 Å². The Balaban J connectivity index is 1.96. The highest BCUT2D eigenvalue weighted by Gasteiger charge is 2.48. The number of hydrogen-bond acceptors (Lipinski definition) is 5. The molecule has 1 amide bonds. The van der Waals surface area contributed by atoms with E-state index in [0.29, 0.717) is 4.88 Å². The molecule has 1 atom stereocenters. The molecule has 2 heterocycles. The minimum Gasteiger partial charge on any atom is -0.507 e. The van der Waals surface area contributed by atoms with Gasteiger partial charge in [-0.15, -0.1) is 11.3 Å². The predicted octanol–water partition coefficient (Wildman–Crippen LogP) is 5.97. The third kappa shape index (κ3) is 3.64. The average molecular weight is 496 g/mol. The average Bonchev–Trinajstić information content (AvgIpc) is 3.36. The monoisotopic (exact) mass is 495 g/mol. The Bertz CT molecular complexity index is 1250. The predicted molar refractivity (Wildman–Crippen MR) is 118 cm³/mol. The van der Waals surface area contributed by atoms with Crippen LogP contribution >= 0.6 is 34.5 Å². The number of nitrogens with zero attached hydrogens (tertiary/aromatic N) is 1. The Kier molecular flexibility index (Phi) is 5.94. The second kappa shape index (κ2) is 8.54. The number of hydrogen-bond donors (Lipinski definition) is 1. The number of halogens is 4. The second-order valence-electron chi connectivity index (χ2n) is 6.75. The number of aliphatic hydroxyl groups excluding tert-OH is 1. The first kappa shape index (κ1) is 22.3. The van der Waals surface area contributed by atoms with Crippen LogP contribution in [0.3, 0.4) is 0 Å². The van der Waals surface area contributed by atoms with E-state index >= 15 is 0 Å². The summed E-state index contributed by atoms with van der Waals surface area (Å²) in [5.74, 6) is -4.26.